The van der Waals surface area contributed by atoms with E-state index in [1.165, 1.54) is 18.1 Å². The predicted molar refractivity (Wildman–Crippen MR) is 127 cm³/mol. The van der Waals surface area contributed by atoms with Crippen LogP contribution in [-0.2, 0) is 11.3 Å². The summed E-state index contributed by atoms with van der Waals surface area (Å²) < 4.78 is 9.04. The Kier molecular flexibility index (Phi) is 6.34. The topological polar surface area (TPSA) is 83.0 Å². The van der Waals surface area contributed by atoms with E-state index in [-0.39, 0.29) is 0 Å². The summed E-state index contributed by atoms with van der Waals surface area (Å²) in [7, 11) is 1.69. The minimum absolute atomic E-state index is 0.524. The Morgan fingerprint density at radius 1 is 1.03 bits per heavy atom. The van der Waals surface area contributed by atoms with E-state index in [0.29, 0.717) is 29.8 Å². The zero-order chi connectivity index (χ0) is 22.6. The summed E-state index contributed by atoms with van der Waals surface area (Å²) >= 11 is 7.93. The summed E-state index contributed by atoms with van der Waals surface area (Å²) in [6, 6.07) is 19.6. The minimum Gasteiger partial charge on any atom is -0.385 e. The molecule has 0 N–H and O–H groups in total. The van der Waals surface area contributed by atoms with E-state index in [4.69, 9.17) is 16.3 Å². The molecule has 0 bridgehead atoms. The number of methoxy groups -OCH3 is 1. The van der Waals surface area contributed by atoms with Gasteiger partial charge < -0.3 is 9.30 Å². The SMILES string of the molecule is COCCCn1c(Sc2cc(-c3ccccc3)nc3ncnn23)nnc1-c1ccccc1Cl. The normalized spacial score (nSPS) is 11.3. The van der Waals surface area contributed by atoms with Gasteiger partial charge in [-0.1, -0.05) is 54.1 Å². The maximum absolute atomic E-state index is 6.47. The molecule has 3 aromatic heterocycles. The Balaban J connectivity index is 1.58. The maximum Gasteiger partial charge on any atom is 0.253 e. The van der Waals surface area contributed by atoms with Crippen LogP contribution in [0, 0.1) is 0 Å². The van der Waals surface area contributed by atoms with Gasteiger partial charge >= 0.3 is 0 Å². The van der Waals surface area contributed by atoms with Gasteiger partial charge in [-0.2, -0.15) is 14.6 Å². The second-order valence-electron chi connectivity index (χ2n) is 7.20. The predicted octanol–water partition coefficient (Wildman–Crippen LogP) is 4.89. The van der Waals surface area contributed by atoms with Gasteiger partial charge in [-0.25, -0.2) is 4.98 Å². The van der Waals surface area contributed by atoms with Crippen molar-refractivity contribution in [3.05, 3.63) is 72.0 Å². The van der Waals surface area contributed by atoms with E-state index in [2.05, 4.69) is 29.8 Å². The zero-order valence-electron chi connectivity index (χ0n) is 17.8. The zero-order valence-corrected chi connectivity index (χ0v) is 19.4. The minimum atomic E-state index is 0.524. The second-order valence-corrected chi connectivity index (χ2v) is 8.60. The van der Waals surface area contributed by atoms with E-state index < -0.39 is 0 Å². The van der Waals surface area contributed by atoms with Crippen LogP contribution in [0.1, 0.15) is 6.42 Å². The van der Waals surface area contributed by atoms with Gasteiger partial charge in [0.15, 0.2) is 11.0 Å². The Labute approximate surface area is 199 Å². The van der Waals surface area contributed by atoms with Gasteiger partial charge in [0.25, 0.3) is 5.78 Å². The molecule has 0 saturated carbocycles. The summed E-state index contributed by atoms with van der Waals surface area (Å²) in [5, 5.41) is 15.5. The molecule has 0 spiro atoms. The van der Waals surface area contributed by atoms with Gasteiger partial charge in [-0.05, 0) is 36.4 Å². The molecule has 0 amide bonds. The fourth-order valence-electron chi connectivity index (χ4n) is 3.48. The first kappa shape index (κ1) is 21.6. The summed E-state index contributed by atoms with van der Waals surface area (Å²) in [6.07, 6.45) is 2.31. The standard InChI is InChI=1S/C23H20ClN7OS/c1-32-13-7-12-30-21(17-10-5-6-11-18(17)24)28-29-23(30)33-20-14-19(16-8-3-2-4-9-16)27-22-25-15-26-31(20)22/h2-6,8-11,14-15H,7,12-13H2,1H3. The molecule has 0 aliphatic carbocycles. The Bertz CT molecular complexity index is 1390. The molecule has 10 heteroatoms. The lowest BCUT2D eigenvalue weighted by Gasteiger charge is -2.12. The highest BCUT2D eigenvalue weighted by molar-refractivity contribution is 7.99. The molecule has 0 unspecified atom stereocenters. The summed E-state index contributed by atoms with van der Waals surface area (Å²) in [5.41, 5.74) is 2.65. The molecule has 2 aromatic carbocycles. The molecule has 5 aromatic rings. The Morgan fingerprint density at radius 2 is 1.85 bits per heavy atom. The van der Waals surface area contributed by atoms with Crippen molar-refractivity contribution in [1.29, 1.82) is 0 Å². The van der Waals surface area contributed by atoms with Gasteiger partial charge in [0.2, 0.25) is 0 Å². The largest absolute Gasteiger partial charge is 0.385 e. The van der Waals surface area contributed by atoms with Crippen molar-refractivity contribution in [2.24, 2.45) is 0 Å². The first-order chi connectivity index (χ1) is 16.2. The molecule has 0 saturated heterocycles. The van der Waals surface area contributed by atoms with Gasteiger partial charge in [0.1, 0.15) is 11.4 Å². The lowest BCUT2D eigenvalue weighted by Crippen LogP contribution is -2.06. The Morgan fingerprint density at radius 3 is 2.67 bits per heavy atom. The highest BCUT2D eigenvalue weighted by Gasteiger charge is 2.19. The number of hydrogen-bond acceptors (Lipinski definition) is 7. The molecule has 0 aliphatic rings. The summed E-state index contributed by atoms with van der Waals surface area (Å²) in [4.78, 5) is 8.96. The van der Waals surface area contributed by atoms with E-state index in [0.717, 1.165) is 33.4 Å². The smallest absolute Gasteiger partial charge is 0.253 e. The third-order valence-corrected chi connectivity index (χ3v) is 6.36. The number of fused-ring (bicyclic) bond motifs is 1. The molecule has 166 valence electrons. The van der Waals surface area contributed by atoms with Crippen LogP contribution >= 0.6 is 23.4 Å². The molecule has 0 radical (unpaired) electrons. The third-order valence-electron chi connectivity index (χ3n) is 5.05. The van der Waals surface area contributed by atoms with Crippen molar-refractivity contribution >= 4 is 29.1 Å². The second kappa shape index (κ2) is 9.70. The molecule has 0 fully saturated rings. The number of ether oxygens (including phenoxy) is 1. The Hall–Kier alpha value is -3.27. The van der Waals surface area contributed by atoms with E-state index in [1.807, 2.05) is 60.7 Å². The average molecular weight is 478 g/mol. The molecule has 8 nitrogen and oxygen atoms in total. The molecule has 5 rings (SSSR count). The fourth-order valence-corrected chi connectivity index (χ4v) is 4.65. The molecular weight excluding hydrogens is 458 g/mol. The van der Waals surface area contributed by atoms with Crippen LogP contribution < -0.4 is 0 Å². The van der Waals surface area contributed by atoms with E-state index >= 15 is 0 Å². The van der Waals surface area contributed by atoms with Crippen LogP contribution in [0.4, 0.5) is 0 Å². The van der Waals surface area contributed by atoms with E-state index in [1.54, 1.807) is 11.6 Å². The molecular formula is C23H20ClN7OS. The summed E-state index contributed by atoms with van der Waals surface area (Å²) in [6.45, 7) is 1.31. The molecule has 0 aliphatic heterocycles. The fraction of sp³-hybridized carbons (Fsp3) is 0.174. The molecule has 33 heavy (non-hydrogen) atoms. The lowest BCUT2D eigenvalue weighted by molar-refractivity contribution is 0.189. The number of aromatic nitrogens is 7. The van der Waals surface area contributed by atoms with Crippen LogP contribution in [0.5, 0.6) is 0 Å². The van der Waals surface area contributed by atoms with Crippen LogP contribution in [-0.4, -0.2) is 48.1 Å². The van der Waals surface area contributed by atoms with Crippen molar-refractivity contribution < 1.29 is 4.74 Å². The summed E-state index contributed by atoms with van der Waals surface area (Å²) in [5.74, 6) is 1.24. The number of halogens is 1. The number of rotatable bonds is 8. The number of nitrogens with zero attached hydrogens (tertiary/aromatic N) is 7. The van der Waals surface area contributed by atoms with Crippen molar-refractivity contribution in [1.82, 2.24) is 34.3 Å². The first-order valence-electron chi connectivity index (χ1n) is 10.4. The highest BCUT2D eigenvalue weighted by Crippen LogP contribution is 2.33. The van der Waals surface area contributed by atoms with Crippen LogP contribution in [0.15, 0.2) is 77.2 Å². The van der Waals surface area contributed by atoms with Gasteiger partial charge in [-0.15, -0.1) is 10.2 Å². The number of hydrogen-bond donors (Lipinski definition) is 0. The lowest BCUT2D eigenvalue weighted by atomic mass is 10.1. The maximum atomic E-state index is 6.47. The van der Waals surface area contributed by atoms with Crippen molar-refractivity contribution in [2.45, 2.75) is 23.1 Å². The highest BCUT2D eigenvalue weighted by atomic mass is 35.5. The monoisotopic (exact) mass is 477 g/mol. The van der Waals surface area contributed by atoms with Crippen LogP contribution in [0.25, 0.3) is 28.4 Å². The van der Waals surface area contributed by atoms with Crippen molar-refractivity contribution in [2.75, 3.05) is 13.7 Å². The van der Waals surface area contributed by atoms with Gasteiger partial charge in [0.05, 0.1) is 10.7 Å². The number of benzene rings is 2. The third kappa shape index (κ3) is 4.47. The van der Waals surface area contributed by atoms with Crippen molar-refractivity contribution in [3.8, 4) is 22.6 Å². The van der Waals surface area contributed by atoms with Crippen molar-refractivity contribution in [3.63, 3.8) is 0 Å². The quantitative estimate of drug-likeness (QED) is 0.232. The van der Waals surface area contributed by atoms with Crippen LogP contribution in [0.3, 0.4) is 0 Å². The van der Waals surface area contributed by atoms with Gasteiger partial charge in [0, 0.05) is 31.4 Å². The van der Waals surface area contributed by atoms with Gasteiger partial charge in [-0.3, -0.25) is 0 Å². The molecule has 0 atom stereocenters. The van der Waals surface area contributed by atoms with Crippen LogP contribution in [0.2, 0.25) is 5.02 Å². The van der Waals surface area contributed by atoms with E-state index in [9.17, 15) is 0 Å². The average Bonchev–Trinajstić information content (AvgIpc) is 3.48. The molecule has 3 heterocycles. The first-order valence-corrected chi connectivity index (χ1v) is 11.5.